The van der Waals surface area contributed by atoms with Crippen LogP contribution in [0.2, 0.25) is 0 Å². The zero-order valence-electron chi connectivity index (χ0n) is 18.0. The lowest BCUT2D eigenvalue weighted by Crippen LogP contribution is -2.09. The van der Waals surface area contributed by atoms with E-state index in [-0.39, 0.29) is 6.04 Å². The molecule has 1 aromatic carbocycles. The number of rotatable bonds is 4. The molecule has 3 heterocycles. The van der Waals surface area contributed by atoms with Gasteiger partial charge in [0.1, 0.15) is 17.2 Å². The first-order valence-electron chi connectivity index (χ1n) is 10.6. The number of aryl methyl sites for hydroxylation is 1. The SMILES string of the molecule is C#Cc1ccsc1-c1nc2c(C)cccn2c1NC(C)c1ccccc1.c1cc2cc-2c1. The molecule has 156 valence electrons. The van der Waals surface area contributed by atoms with Crippen molar-refractivity contribution in [3.8, 4) is 34.0 Å². The lowest BCUT2D eigenvalue weighted by Gasteiger charge is -2.16. The van der Waals surface area contributed by atoms with Crippen molar-refractivity contribution in [2.45, 2.75) is 19.9 Å². The second-order valence-corrected chi connectivity index (χ2v) is 8.78. The molecule has 3 aromatic heterocycles. The molecule has 2 aliphatic carbocycles. The summed E-state index contributed by atoms with van der Waals surface area (Å²) in [5.74, 6) is 3.75. The predicted octanol–water partition coefficient (Wildman–Crippen LogP) is 7.19. The zero-order chi connectivity index (χ0) is 22.1. The van der Waals surface area contributed by atoms with Gasteiger partial charge in [0.2, 0.25) is 0 Å². The lowest BCUT2D eigenvalue weighted by atomic mass is 10.1. The van der Waals surface area contributed by atoms with Crippen molar-refractivity contribution in [3.05, 3.63) is 101 Å². The van der Waals surface area contributed by atoms with Gasteiger partial charge in [0.25, 0.3) is 0 Å². The Labute approximate surface area is 192 Å². The molecule has 0 saturated heterocycles. The third-order valence-electron chi connectivity index (χ3n) is 5.65. The van der Waals surface area contributed by atoms with Crippen LogP contribution < -0.4 is 5.32 Å². The van der Waals surface area contributed by atoms with E-state index in [0.717, 1.165) is 33.2 Å². The van der Waals surface area contributed by atoms with Crippen LogP contribution in [0.4, 0.5) is 5.82 Å². The molecule has 0 aliphatic heterocycles. The molecule has 1 unspecified atom stereocenters. The Bertz CT molecular complexity index is 1420. The fourth-order valence-electron chi connectivity index (χ4n) is 3.81. The summed E-state index contributed by atoms with van der Waals surface area (Å²) in [6.45, 7) is 4.23. The van der Waals surface area contributed by atoms with Gasteiger partial charge in [-0.3, -0.25) is 4.40 Å². The number of pyridine rings is 1. The average Bonchev–Trinajstić information content (AvgIpc) is 3.19. The molecular formula is C28H23N3S. The standard InChI is InChI=1S/C22H19N3S.C6H4/c1-4-17-12-14-26-20(17)19-22(23-16(3)18-10-6-5-7-11-18)25-13-8-9-15(2)21(25)24-19;1-2-5-4-6(5)3-1/h1,5-14,16,23H,2-3H3;1-4H. The number of nitrogens with zero attached hydrogens (tertiary/aromatic N) is 2. The first-order chi connectivity index (χ1) is 15.7. The number of imidazole rings is 1. The third kappa shape index (κ3) is 3.79. The fraction of sp³-hybridized carbons (Fsp3) is 0.107. The number of hydrogen-bond acceptors (Lipinski definition) is 3. The quantitative estimate of drug-likeness (QED) is 0.298. The highest BCUT2D eigenvalue weighted by molar-refractivity contribution is 7.13. The fourth-order valence-corrected chi connectivity index (χ4v) is 4.66. The normalized spacial score (nSPS) is 11.9. The molecule has 1 atom stereocenters. The second-order valence-electron chi connectivity index (χ2n) is 7.86. The summed E-state index contributed by atoms with van der Waals surface area (Å²) in [6, 6.07) is 25.1. The van der Waals surface area contributed by atoms with E-state index >= 15 is 0 Å². The largest absolute Gasteiger partial charge is 0.363 e. The van der Waals surface area contributed by atoms with Gasteiger partial charge in [0.05, 0.1) is 4.88 Å². The number of anilines is 1. The Hall–Kier alpha value is -3.81. The lowest BCUT2D eigenvalue weighted by molar-refractivity contribution is 0.871. The minimum atomic E-state index is 0.143. The van der Waals surface area contributed by atoms with Crippen molar-refractivity contribution in [2.24, 2.45) is 0 Å². The minimum absolute atomic E-state index is 0.143. The molecule has 0 amide bonds. The maximum Gasteiger partial charge on any atom is 0.142 e. The molecule has 0 fully saturated rings. The van der Waals surface area contributed by atoms with E-state index in [1.54, 1.807) is 11.3 Å². The van der Waals surface area contributed by atoms with Crippen molar-refractivity contribution in [1.29, 1.82) is 0 Å². The predicted molar refractivity (Wildman–Crippen MR) is 135 cm³/mol. The Morgan fingerprint density at radius 2 is 1.78 bits per heavy atom. The maximum absolute atomic E-state index is 5.70. The Morgan fingerprint density at radius 3 is 2.44 bits per heavy atom. The third-order valence-corrected chi connectivity index (χ3v) is 6.57. The molecular weight excluding hydrogens is 410 g/mol. The van der Waals surface area contributed by atoms with Gasteiger partial charge in [-0.2, -0.15) is 0 Å². The minimum Gasteiger partial charge on any atom is -0.363 e. The highest BCUT2D eigenvalue weighted by Crippen LogP contribution is 2.37. The number of fused-ring (bicyclic) bond motifs is 2. The Balaban J connectivity index is 0.000000306. The molecule has 6 rings (SSSR count). The number of aromatic nitrogens is 2. The van der Waals surface area contributed by atoms with Gasteiger partial charge in [-0.15, -0.1) is 17.8 Å². The van der Waals surface area contributed by atoms with Gasteiger partial charge in [0.15, 0.2) is 0 Å². The summed E-state index contributed by atoms with van der Waals surface area (Å²) in [5.41, 5.74) is 7.94. The molecule has 4 heteroatoms. The van der Waals surface area contributed by atoms with Gasteiger partial charge in [-0.1, -0.05) is 60.5 Å². The summed E-state index contributed by atoms with van der Waals surface area (Å²) in [6.07, 6.45) is 7.74. The monoisotopic (exact) mass is 433 g/mol. The van der Waals surface area contributed by atoms with Gasteiger partial charge in [-0.05, 0) is 59.7 Å². The second kappa shape index (κ2) is 8.37. The Morgan fingerprint density at radius 1 is 1.00 bits per heavy atom. The van der Waals surface area contributed by atoms with Gasteiger partial charge in [-0.25, -0.2) is 4.98 Å². The van der Waals surface area contributed by atoms with Crippen LogP contribution in [-0.2, 0) is 0 Å². The molecule has 2 aliphatic rings. The maximum atomic E-state index is 5.70. The first kappa shape index (κ1) is 20.1. The summed E-state index contributed by atoms with van der Waals surface area (Å²) in [4.78, 5) is 5.95. The van der Waals surface area contributed by atoms with Crippen LogP contribution in [0, 0.1) is 19.3 Å². The van der Waals surface area contributed by atoms with Crippen molar-refractivity contribution in [2.75, 3.05) is 5.32 Å². The van der Waals surface area contributed by atoms with Crippen LogP contribution in [0.15, 0.2) is 84.4 Å². The molecule has 3 nitrogen and oxygen atoms in total. The number of nitrogens with one attached hydrogen (secondary N) is 1. The van der Waals surface area contributed by atoms with Crippen LogP contribution in [0.5, 0.6) is 0 Å². The molecule has 0 radical (unpaired) electrons. The van der Waals surface area contributed by atoms with Crippen molar-refractivity contribution in [3.63, 3.8) is 0 Å². The van der Waals surface area contributed by atoms with E-state index in [1.165, 1.54) is 16.7 Å². The smallest absolute Gasteiger partial charge is 0.142 e. The number of thiophene rings is 1. The van der Waals surface area contributed by atoms with E-state index < -0.39 is 0 Å². The number of benzene rings is 2. The average molecular weight is 434 g/mol. The summed E-state index contributed by atoms with van der Waals surface area (Å²) in [7, 11) is 0. The zero-order valence-corrected chi connectivity index (χ0v) is 18.9. The van der Waals surface area contributed by atoms with Crippen LogP contribution in [0.25, 0.3) is 27.3 Å². The van der Waals surface area contributed by atoms with Crippen molar-refractivity contribution >= 4 is 22.8 Å². The van der Waals surface area contributed by atoms with E-state index in [9.17, 15) is 0 Å². The first-order valence-corrected chi connectivity index (χ1v) is 11.5. The van der Waals surface area contributed by atoms with Gasteiger partial charge in [0, 0.05) is 17.8 Å². The number of terminal acetylenes is 1. The van der Waals surface area contributed by atoms with Crippen LogP contribution in [0.3, 0.4) is 0 Å². The van der Waals surface area contributed by atoms with Gasteiger partial charge >= 0.3 is 0 Å². The van der Waals surface area contributed by atoms with Gasteiger partial charge < -0.3 is 5.32 Å². The molecule has 0 saturated carbocycles. The highest BCUT2D eigenvalue weighted by atomic mass is 32.1. The molecule has 4 aromatic rings. The Kier molecular flexibility index (Phi) is 5.26. The highest BCUT2D eigenvalue weighted by Gasteiger charge is 2.20. The van der Waals surface area contributed by atoms with Crippen LogP contribution in [0.1, 0.15) is 29.7 Å². The summed E-state index contributed by atoms with van der Waals surface area (Å²) < 4.78 is 2.12. The topological polar surface area (TPSA) is 29.3 Å². The van der Waals surface area contributed by atoms with Crippen LogP contribution >= 0.6 is 11.3 Å². The molecule has 0 spiro atoms. The van der Waals surface area contributed by atoms with Crippen LogP contribution in [-0.4, -0.2) is 9.38 Å². The molecule has 0 bridgehead atoms. The van der Waals surface area contributed by atoms with Crippen molar-refractivity contribution in [1.82, 2.24) is 9.38 Å². The molecule has 32 heavy (non-hydrogen) atoms. The number of hydrogen-bond donors (Lipinski definition) is 1. The van der Waals surface area contributed by atoms with E-state index in [1.807, 2.05) is 29.8 Å². The molecule has 1 N–H and O–H groups in total. The van der Waals surface area contributed by atoms with E-state index in [2.05, 4.69) is 84.1 Å². The van der Waals surface area contributed by atoms with Crippen molar-refractivity contribution < 1.29 is 0 Å². The summed E-state index contributed by atoms with van der Waals surface area (Å²) in [5, 5.41) is 5.67. The van der Waals surface area contributed by atoms with E-state index in [0.29, 0.717) is 0 Å². The summed E-state index contributed by atoms with van der Waals surface area (Å²) >= 11 is 1.63. The van der Waals surface area contributed by atoms with E-state index in [4.69, 9.17) is 11.4 Å².